The number of nitrogens with one attached hydrogen (secondary N) is 1. The number of nitrogens with two attached hydrogens (primary N) is 1. The normalized spacial score (nSPS) is 15.2. The maximum atomic E-state index is 13.7. The van der Waals surface area contributed by atoms with Crippen molar-refractivity contribution in [2.45, 2.75) is 19.4 Å². The second-order valence-corrected chi connectivity index (χ2v) is 8.03. The molecule has 0 radical (unpaired) electrons. The first-order valence-electron chi connectivity index (χ1n) is 10.9. The van der Waals surface area contributed by atoms with Gasteiger partial charge in [0.05, 0.1) is 11.7 Å². The van der Waals surface area contributed by atoms with Crippen LogP contribution in [0.3, 0.4) is 0 Å². The molecule has 3 heterocycles. The van der Waals surface area contributed by atoms with Crippen molar-refractivity contribution >= 4 is 34.3 Å². The van der Waals surface area contributed by atoms with E-state index in [4.69, 9.17) is 5.73 Å². The summed E-state index contributed by atoms with van der Waals surface area (Å²) in [6, 6.07) is 17.1. The molecule has 34 heavy (non-hydrogen) atoms. The van der Waals surface area contributed by atoms with Gasteiger partial charge < -0.3 is 16.0 Å². The SMILES string of the molecule is CC#CC(=O)N1CCC(n2c(=O)n(-c3ccc(Nc4ccccc4)cc3)c3c(N)ncnc32)C1. The monoisotopic (exact) mass is 453 g/mol. The molecular formula is C25H23N7O2. The molecule has 1 saturated heterocycles. The van der Waals surface area contributed by atoms with Crippen molar-refractivity contribution < 1.29 is 4.79 Å². The van der Waals surface area contributed by atoms with Crippen molar-refractivity contribution in [1.29, 1.82) is 0 Å². The molecule has 0 aliphatic carbocycles. The minimum Gasteiger partial charge on any atom is -0.382 e. The molecular weight excluding hydrogens is 430 g/mol. The summed E-state index contributed by atoms with van der Waals surface area (Å²) in [5.41, 5.74) is 9.34. The minimum absolute atomic E-state index is 0.218. The van der Waals surface area contributed by atoms with Gasteiger partial charge in [-0.25, -0.2) is 14.8 Å². The number of nitrogens with zero attached hydrogens (tertiary/aromatic N) is 5. The van der Waals surface area contributed by atoms with Crippen LogP contribution < -0.4 is 16.7 Å². The van der Waals surface area contributed by atoms with Gasteiger partial charge >= 0.3 is 5.69 Å². The number of fused-ring (bicyclic) bond motifs is 1. The second-order valence-electron chi connectivity index (χ2n) is 8.03. The molecule has 0 spiro atoms. The number of aromatic nitrogens is 4. The van der Waals surface area contributed by atoms with Gasteiger partial charge in [0, 0.05) is 24.5 Å². The highest BCUT2D eigenvalue weighted by Crippen LogP contribution is 2.28. The van der Waals surface area contributed by atoms with Gasteiger partial charge in [0.15, 0.2) is 11.5 Å². The lowest BCUT2D eigenvalue weighted by molar-refractivity contribution is -0.124. The van der Waals surface area contributed by atoms with E-state index in [1.807, 2.05) is 54.6 Å². The third-order valence-corrected chi connectivity index (χ3v) is 5.92. The maximum absolute atomic E-state index is 13.7. The fourth-order valence-corrected chi connectivity index (χ4v) is 4.34. The smallest absolute Gasteiger partial charge is 0.335 e. The highest BCUT2D eigenvalue weighted by atomic mass is 16.2. The number of amides is 1. The molecule has 1 amide bonds. The van der Waals surface area contributed by atoms with Crippen LogP contribution in [-0.2, 0) is 4.79 Å². The van der Waals surface area contributed by atoms with E-state index in [9.17, 15) is 9.59 Å². The molecule has 0 bridgehead atoms. The predicted octanol–water partition coefficient (Wildman–Crippen LogP) is 2.70. The van der Waals surface area contributed by atoms with Crippen molar-refractivity contribution in [3.8, 4) is 17.5 Å². The highest BCUT2D eigenvalue weighted by Gasteiger charge is 2.31. The summed E-state index contributed by atoms with van der Waals surface area (Å²) in [5.74, 6) is 5.18. The zero-order valence-electron chi connectivity index (χ0n) is 18.6. The van der Waals surface area contributed by atoms with Gasteiger partial charge in [0.25, 0.3) is 5.91 Å². The van der Waals surface area contributed by atoms with Gasteiger partial charge in [0.2, 0.25) is 0 Å². The molecule has 170 valence electrons. The van der Waals surface area contributed by atoms with Gasteiger partial charge in [-0.2, -0.15) is 0 Å². The standard InChI is InChI=1S/C25H23N7O2/c1-2-6-21(33)30-14-13-20(15-30)32-24-22(23(26)27-16-28-24)31(25(32)34)19-11-9-18(10-12-19)29-17-7-4-3-5-8-17/h3-5,7-12,16,20,29H,13-15H2,1H3,(H2,26,27,28). The molecule has 1 fully saturated rings. The van der Waals surface area contributed by atoms with E-state index in [1.54, 1.807) is 16.4 Å². The first-order chi connectivity index (χ1) is 16.6. The van der Waals surface area contributed by atoms with Crippen LogP contribution in [0.2, 0.25) is 0 Å². The van der Waals surface area contributed by atoms with Crippen molar-refractivity contribution in [3.05, 3.63) is 71.4 Å². The number of likely N-dealkylation sites (tertiary alicyclic amines) is 1. The van der Waals surface area contributed by atoms with E-state index in [1.165, 1.54) is 10.9 Å². The Balaban J connectivity index is 1.54. The third kappa shape index (κ3) is 3.75. The number of nitrogen functional groups attached to an aromatic ring is 1. The van der Waals surface area contributed by atoms with Gasteiger partial charge in [-0.05, 0) is 55.7 Å². The van der Waals surface area contributed by atoms with Crippen LogP contribution in [0.4, 0.5) is 17.2 Å². The molecule has 9 heteroatoms. The van der Waals surface area contributed by atoms with Crippen molar-refractivity contribution in [3.63, 3.8) is 0 Å². The fourth-order valence-electron chi connectivity index (χ4n) is 4.34. The lowest BCUT2D eigenvalue weighted by atomic mass is 10.2. The van der Waals surface area contributed by atoms with Crippen LogP contribution in [0.25, 0.3) is 16.9 Å². The van der Waals surface area contributed by atoms with Crippen LogP contribution in [0.1, 0.15) is 19.4 Å². The molecule has 1 aliphatic rings. The Hall–Kier alpha value is -4.58. The molecule has 0 saturated carbocycles. The average molecular weight is 454 g/mol. The predicted molar refractivity (Wildman–Crippen MR) is 131 cm³/mol. The zero-order valence-corrected chi connectivity index (χ0v) is 18.6. The number of imidazole rings is 1. The van der Waals surface area contributed by atoms with Crippen LogP contribution >= 0.6 is 0 Å². The molecule has 3 N–H and O–H groups in total. The van der Waals surface area contributed by atoms with Gasteiger partial charge in [-0.15, -0.1) is 0 Å². The lowest BCUT2D eigenvalue weighted by Crippen LogP contribution is -2.31. The molecule has 4 aromatic rings. The molecule has 9 nitrogen and oxygen atoms in total. The summed E-state index contributed by atoms with van der Waals surface area (Å²) in [4.78, 5) is 36.0. The molecule has 5 rings (SSSR count). The summed E-state index contributed by atoms with van der Waals surface area (Å²) in [6.45, 7) is 2.54. The Bertz CT molecular complexity index is 1480. The van der Waals surface area contributed by atoms with E-state index >= 15 is 0 Å². The van der Waals surface area contributed by atoms with E-state index in [2.05, 4.69) is 27.1 Å². The number of anilines is 3. The number of hydrogen-bond acceptors (Lipinski definition) is 6. The molecule has 1 aliphatic heterocycles. The zero-order chi connectivity index (χ0) is 23.7. The Kier molecular flexibility index (Phi) is 5.47. The summed E-state index contributed by atoms with van der Waals surface area (Å²) in [6.07, 6.45) is 1.98. The highest BCUT2D eigenvalue weighted by molar-refractivity contribution is 5.93. The minimum atomic E-state index is -0.271. The van der Waals surface area contributed by atoms with Gasteiger partial charge in [-0.1, -0.05) is 24.1 Å². The van der Waals surface area contributed by atoms with Crippen LogP contribution in [0.15, 0.2) is 65.7 Å². The summed E-state index contributed by atoms with van der Waals surface area (Å²) < 4.78 is 3.16. The van der Waals surface area contributed by atoms with Crippen LogP contribution in [-0.4, -0.2) is 43.0 Å². The summed E-state index contributed by atoms with van der Waals surface area (Å²) in [7, 11) is 0. The van der Waals surface area contributed by atoms with Crippen LogP contribution in [0, 0.1) is 11.8 Å². The van der Waals surface area contributed by atoms with Crippen LogP contribution in [0.5, 0.6) is 0 Å². The van der Waals surface area contributed by atoms with E-state index in [-0.39, 0.29) is 23.5 Å². The third-order valence-electron chi connectivity index (χ3n) is 5.92. The van der Waals surface area contributed by atoms with E-state index in [0.29, 0.717) is 36.4 Å². The van der Waals surface area contributed by atoms with Crippen molar-refractivity contribution in [1.82, 2.24) is 24.0 Å². The second kappa shape index (κ2) is 8.75. The number of hydrogen-bond donors (Lipinski definition) is 2. The van der Waals surface area contributed by atoms with Crippen molar-refractivity contribution in [2.75, 3.05) is 24.1 Å². The molecule has 1 atom stereocenters. The topological polar surface area (TPSA) is 111 Å². The lowest BCUT2D eigenvalue weighted by Gasteiger charge is -2.14. The summed E-state index contributed by atoms with van der Waals surface area (Å²) >= 11 is 0. The Morgan fingerprint density at radius 2 is 1.82 bits per heavy atom. The largest absolute Gasteiger partial charge is 0.382 e. The Morgan fingerprint density at radius 3 is 2.56 bits per heavy atom. The number of carbonyl (C=O) groups is 1. The van der Waals surface area contributed by atoms with E-state index < -0.39 is 0 Å². The van der Waals surface area contributed by atoms with Gasteiger partial charge in [0.1, 0.15) is 11.8 Å². The molecule has 2 aromatic heterocycles. The quantitative estimate of drug-likeness (QED) is 0.460. The van der Waals surface area contributed by atoms with Crippen molar-refractivity contribution in [2.24, 2.45) is 0 Å². The summed E-state index contributed by atoms with van der Waals surface area (Å²) in [5, 5.41) is 3.33. The van der Waals surface area contributed by atoms with Gasteiger partial charge in [-0.3, -0.25) is 13.9 Å². The average Bonchev–Trinajstić information content (AvgIpc) is 3.43. The van der Waals surface area contributed by atoms with E-state index in [0.717, 1.165) is 11.4 Å². The number of rotatable bonds is 4. The maximum Gasteiger partial charge on any atom is 0.335 e. The molecule has 2 aromatic carbocycles. The first kappa shape index (κ1) is 21.3. The fraction of sp³-hybridized carbons (Fsp3) is 0.200. The Labute approximate surface area is 195 Å². The molecule has 1 unspecified atom stereocenters. The Morgan fingerprint density at radius 1 is 1.09 bits per heavy atom. The number of benzene rings is 2. The first-order valence-corrected chi connectivity index (χ1v) is 10.9. The number of carbonyl (C=O) groups excluding carboxylic acids is 1. The number of para-hydroxylation sites is 1.